The smallest absolute Gasteiger partial charge is 0.419 e. The molecule has 8 nitrogen and oxygen atoms in total. The second kappa shape index (κ2) is 10.8. The Morgan fingerprint density at radius 3 is 2.46 bits per heavy atom. The van der Waals surface area contributed by atoms with Crippen molar-refractivity contribution in [2.45, 2.75) is 70.7 Å². The molecule has 0 aliphatic heterocycles. The fourth-order valence-corrected chi connectivity index (χ4v) is 4.96. The fraction of sp³-hybridized carbons (Fsp3) is 0.444. The molecule has 2 heterocycles. The summed E-state index contributed by atoms with van der Waals surface area (Å²) in [7, 11) is 0. The van der Waals surface area contributed by atoms with Gasteiger partial charge in [-0.25, -0.2) is 19.9 Å². The minimum atomic E-state index is -4.83. The molecule has 12 heteroatoms. The van der Waals surface area contributed by atoms with Crippen LogP contribution in [0, 0.1) is 11.2 Å². The Balaban J connectivity index is 1.48. The zero-order valence-electron chi connectivity index (χ0n) is 22.0. The number of pyridine rings is 1. The monoisotopic (exact) mass is 548 g/mol. The molecule has 1 saturated carbocycles. The Kier molecular flexibility index (Phi) is 7.87. The van der Waals surface area contributed by atoms with Gasteiger partial charge in [-0.3, -0.25) is 10.2 Å². The van der Waals surface area contributed by atoms with E-state index in [9.17, 15) is 22.4 Å². The molecule has 0 saturated heterocycles. The number of nitrogens with zero attached hydrogens (tertiary/aromatic N) is 3. The van der Waals surface area contributed by atoms with Crippen LogP contribution in [0.15, 0.2) is 48.7 Å². The van der Waals surface area contributed by atoms with E-state index in [4.69, 9.17) is 15.6 Å². The maximum Gasteiger partial charge on any atom is 0.419 e. The Morgan fingerprint density at radius 2 is 1.82 bits per heavy atom. The summed E-state index contributed by atoms with van der Waals surface area (Å²) in [5, 5.41) is 7.65. The second-order valence-corrected chi connectivity index (χ2v) is 10.8. The van der Waals surface area contributed by atoms with Gasteiger partial charge in [0.05, 0.1) is 28.8 Å². The Bertz CT molecular complexity index is 1310. The number of aromatic nitrogens is 3. The molecule has 0 atom stereocenters. The van der Waals surface area contributed by atoms with Gasteiger partial charge >= 0.3 is 6.18 Å². The van der Waals surface area contributed by atoms with Crippen molar-refractivity contribution in [1.82, 2.24) is 20.2 Å². The molecule has 0 radical (unpaired) electrons. The van der Waals surface area contributed by atoms with Crippen LogP contribution in [0.1, 0.15) is 57.7 Å². The van der Waals surface area contributed by atoms with Gasteiger partial charge in [-0.1, -0.05) is 12.1 Å². The van der Waals surface area contributed by atoms with E-state index < -0.39 is 34.8 Å². The minimum Gasteiger partial charge on any atom is -0.487 e. The molecule has 4 N–H and O–H groups in total. The maximum absolute atomic E-state index is 14.5. The van der Waals surface area contributed by atoms with E-state index in [1.54, 1.807) is 6.20 Å². The lowest BCUT2D eigenvalue weighted by molar-refractivity contribution is -0.140. The number of amides is 1. The van der Waals surface area contributed by atoms with Crippen LogP contribution >= 0.6 is 0 Å². The number of benzene rings is 1. The first-order valence-electron chi connectivity index (χ1n) is 12.6. The van der Waals surface area contributed by atoms with E-state index in [0.717, 1.165) is 11.9 Å². The van der Waals surface area contributed by atoms with Gasteiger partial charge in [0.2, 0.25) is 5.91 Å². The Labute approximate surface area is 223 Å². The van der Waals surface area contributed by atoms with Gasteiger partial charge in [0, 0.05) is 18.2 Å². The van der Waals surface area contributed by atoms with Crippen LogP contribution in [0.3, 0.4) is 0 Å². The van der Waals surface area contributed by atoms with Crippen LogP contribution in [-0.2, 0) is 22.9 Å². The summed E-state index contributed by atoms with van der Waals surface area (Å²) < 4.78 is 61.2. The number of ether oxygens (including phenoxy) is 1. The number of alkyl halides is 3. The first-order valence-corrected chi connectivity index (χ1v) is 12.6. The quantitative estimate of drug-likeness (QED) is 0.156. The van der Waals surface area contributed by atoms with Gasteiger partial charge < -0.3 is 10.1 Å². The van der Waals surface area contributed by atoms with Crippen molar-refractivity contribution in [1.29, 1.82) is 0 Å². The number of halogens is 4. The number of rotatable bonds is 7. The topological polar surface area (TPSA) is 107 Å². The number of nitrogens with two attached hydrogens (primary N) is 1. The summed E-state index contributed by atoms with van der Waals surface area (Å²) in [4.78, 5) is 17.6. The van der Waals surface area contributed by atoms with Gasteiger partial charge in [0.15, 0.2) is 11.6 Å². The molecular weight excluding hydrogens is 516 g/mol. The van der Waals surface area contributed by atoms with Gasteiger partial charge in [0.1, 0.15) is 11.6 Å². The molecule has 4 rings (SSSR count). The van der Waals surface area contributed by atoms with Crippen LogP contribution in [-0.4, -0.2) is 26.8 Å². The van der Waals surface area contributed by atoms with Gasteiger partial charge in [-0.15, -0.1) is 0 Å². The van der Waals surface area contributed by atoms with Crippen molar-refractivity contribution in [3.8, 4) is 5.75 Å². The largest absolute Gasteiger partial charge is 0.487 e. The van der Waals surface area contributed by atoms with E-state index >= 15 is 0 Å². The molecule has 1 amide bonds. The standard InChI is InChI=1S/C27H32F4N6O2/c1-25(2,3)37-22(12-15-33-37)35-21-9-4-6-17(34-21)16-26(24(38)36-32)13-10-18(11-14-26)39-20-8-5-7-19(23(20)28)27(29,30)31/h4-9,12,15,18H,10-11,13-14,16,32H2,1-3H3,(H,34,35)(H,36,38)/t18-,26-. The number of hydrogen-bond donors (Lipinski definition) is 3. The van der Waals surface area contributed by atoms with Crippen molar-refractivity contribution < 1.29 is 27.1 Å². The summed E-state index contributed by atoms with van der Waals surface area (Å²) in [6.45, 7) is 6.10. The first kappa shape index (κ1) is 28.3. The molecule has 0 bridgehead atoms. The lowest BCUT2D eigenvalue weighted by atomic mass is 9.69. The van der Waals surface area contributed by atoms with E-state index in [-0.39, 0.29) is 17.9 Å². The molecule has 1 fully saturated rings. The first-order chi connectivity index (χ1) is 18.3. The van der Waals surface area contributed by atoms with Gasteiger partial charge in [-0.05, 0) is 70.7 Å². The van der Waals surface area contributed by atoms with Crippen LogP contribution in [0.25, 0.3) is 0 Å². The molecule has 2 aromatic heterocycles. The summed E-state index contributed by atoms with van der Waals surface area (Å²) in [6, 6.07) is 10.3. The van der Waals surface area contributed by atoms with E-state index in [2.05, 4.69) is 15.8 Å². The summed E-state index contributed by atoms with van der Waals surface area (Å²) in [5.41, 5.74) is 0.384. The molecule has 1 aromatic carbocycles. The highest BCUT2D eigenvalue weighted by Crippen LogP contribution is 2.42. The highest BCUT2D eigenvalue weighted by atomic mass is 19.4. The molecule has 3 aromatic rings. The summed E-state index contributed by atoms with van der Waals surface area (Å²) >= 11 is 0. The maximum atomic E-state index is 14.5. The fourth-order valence-electron chi connectivity index (χ4n) is 4.96. The third-order valence-corrected chi connectivity index (χ3v) is 6.93. The van der Waals surface area contributed by atoms with Crippen molar-refractivity contribution in [2.24, 2.45) is 11.3 Å². The van der Waals surface area contributed by atoms with Crippen molar-refractivity contribution in [2.75, 3.05) is 5.32 Å². The van der Waals surface area contributed by atoms with Crippen LogP contribution in [0.2, 0.25) is 0 Å². The minimum absolute atomic E-state index is 0.246. The lowest BCUT2D eigenvalue weighted by Crippen LogP contribution is -2.48. The SMILES string of the molecule is CC(C)(C)n1nccc1Nc1cccc(C[C@]2(C(=O)NN)CC[C@H](Oc3cccc(C(F)(F)F)c3F)CC2)n1. The van der Waals surface area contributed by atoms with Crippen LogP contribution in [0.4, 0.5) is 29.2 Å². The molecule has 1 aliphatic rings. The number of anilines is 2. The highest BCUT2D eigenvalue weighted by Gasteiger charge is 2.43. The van der Waals surface area contributed by atoms with Crippen LogP contribution < -0.4 is 21.3 Å². The van der Waals surface area contributed by atoms with Crippen molar-refractivity contribution >= 4 is 17.5 Å². The molecule has 1 aliphatic carbocycles. The zero-order valence-corrected chi connectivity index (χ0v) is 22.0. The predicted octanol–water partition coefficient (Wildman–Crippen LogP) is 5.48. The average Bonchev–Trinajstić information content (AvgIpc) is 3.34. The highest BCUT2D eigenvalue weighted by molar-refractivity contribution is 5.82. The lowest BCUT2D eigenvalue weighted by Gasteiger charge is -2.38. The second-order valence-electron chi connectivity index (χ2n) is 10.8. The number of hydrogen-bond acceptors (Lipinski definition) is 6. The van der Waals surface area contributed by atoms with E-state index in [1.807, 2.05) is 49.7 Å². The van der Waals surface area contributed by atoms with Crippen molar-refractivity contribution in [3.63, 3.8) is 0 Å². The number of carbonyl (C=O) groups is 1. The van der Waals surface area contributed by atoms with Crippen LogP contribution in [0.5, 0.6) is 5.75 Å². The third-order valence-electron chi connectivity index (χ3n) is 6.93. The molecule has 39 heavy (non-hydrogen) atoms. The number of nitrogens with one attached hydrogen (secondary N) is 2. The predicted molar refractivity (Wildman–Crippen MR) is 137 cm³/mol. The average molecular weight is 549 g/mol. The third kappa shape index (κ3) is 6.32. The molecular formula is C27H32F4N6O2. The normalized spacial score (nSPS) is 19.9. The summed E-state index contributed by atoms with van der Waals surface area (Å²) in [5.74, 6) is 4.61. The number of carbonyl (C=O) groups excluding carboxylic acids is 1. The van der Waals surface area contributed by atoms with E-state index in [1.165, 1.54) is 6.07 Å². The Hall–Kier alpha value is -3.67. The molecule has 0 unspecified atom stereocenters. The number of hydrazine groups is 1. The molecule has 210 valence electrons. The Morgan fingerprint density at radius 1 is 1.13 bits per heavy atom. The zero-order chi connectivity index (χ0) is 28.4. The van der Waals surface area contributed by atoms with Crippen molar-refractivity contribution in [3.05, 3.63) is 65.7 Å². The van der Waals surface area contributed by atoms with Gasteiger partial charge in [0.25, 0.3) is 0 Å². The van der Waals surface area contributed by atoms with E-state index in [0.29, 0.717) is 43.3 Å². The summed E-state index contributed by atoms with van der Waals surface area (Å²) in [6.07, 6.45) is -2.08. The van der Waals surface area contributed by atoms with Gasteiger partial charge in [-0.2, -0.15) is 18.3 Å². The molecule has 0 spiro atoms.